The summed E-state index contributed by atoms with van der Waals surface area (Å²) in [6.45, 7) is 0.488. The summed E-state index contributed by atoms with van der Waals surface area (Å²) >= 11 is 0. The van der Waals surface area contributed by atoms with Crippen LogP contribution in [0.4, 0.5) is 4.39 Å². The molecule has 42 heavy (non-hydrogen) atoms. The molecule has 1 aromatic heterocycles. The van der Waals surface area contributed by atoms with Gasteiger partial charge in [0, 0.05) is 37.3 Å². The van der Waals surface area contributed by atoms with Crippen molar-refractivity contribution in [2.75, 3.05) is 19.8 Å². The van der Waals surface area contributed by atoms with Crippen molar-refractivity contribution in [3.63, 3.8) is 0 Å². The molecule has 0 aliphatic rings. The number of nitrogens with zero attached hydrogens (tertiary/aromatic N) is 2. The number of alkyl halides is 1. The van der Waals surface area contributed by atoms with Crippen LogP contribution in [0.5, 0.6) is 5.75 Å². The average molecular weight is 561 g/mol. The molecule has 214 valence electrons. The first-order chi connectivity index (χ1) is 20.7. The lowest BCUT2D eigenvalue weighted by atomic mass is 9.93. The van der Waals surface area contributed by atoms with Crippen LogP contribution < -0.4 is 0 Å². The molecule has 5 rings (SSSR count). The van der Waals surface area contributed by atoms with Gasteiger partial charge >= 0.3 is 0 Å². The van der Waals surface area contributed by atoms with Gasteiger partial charge in [-0.1, -0.05) is 84.9 Å². The standard InChI is InChI=1S/C37H37FN2O2/c38-20-22-40(33(14-8-3-9-23-41)25-31-19-21-39-37-18-16-34(42)26-36(31)37)27-32-24-30(28-10-4-1-5-11-28)15-17-35(32)29-12-6-2-7-13-29/h1-8,10-13,15-19,21,24,26,33,41-42H,9,14,20,22-23,25,27H2/b8-3-. The highest BCUT2D eigenvalue weighted by Crippen LogP contribution is 2.32. The van der Waals surface area contributed by atoms with E-state index in [0.29, 0.717) is 25.8 Å². The number of benzene rings is 4. The normalized spacial score (nSPS) is 12.4. The van der Waals surface area contributed by atoms with Gasteiger partial charge in [0.15, 0.2) is 0 Å². The highest BCUT2D eigenvalue weighted by molar-refractivity contribution is 5.83. The maximum Gasteiger partial charge on any atom is 0.116 e. The summed E-state index contributed by atoms with van der Waals surface area (Å²) in [5.41, 5.74) is 7.54. The fraction of sp³-hybridized carbons (Fsp3) is 0.216. The van der Waals surface area contributed by atoms with Crippen LogP contribution >= 0.6 is 0 Å². The van der Waals surface area contributed by atoms with Gasteiger partial charge < -0.3 is 10.2 Å². The summed E-state index contributed by atoms with van der Waals surface area (Å²) in [6, 6.07) is 34.4. The minimum absolute atomic E-state index is 0.0207. The summed E-state index contributed by atoms with van der Waals surface area (Å²) < 4.78 is 14.2. The van der Waals surface area contributed by atoms with Gasteiger partial charge in [-0.2, -0.15) is 0 Å². The second kappa shape index (κ2) is 14.5. The van der Waals surface area contributed by atoms with Gasteiger partial charge in [0.1, 0.15) is 12.4 Å². The second-order valence-electron chi connectivity index (χ2n) is 10.5. The maximum absolute atomic E-state index is 14.2. The number of halogens is 1. The van der Waals surface area contributed by atoms with E-state index in [4.69, 9.17) is 0 Å². The highest BCUT2D eigenvalue weighted by Gasteiger charge is 2.21. The van der Waals surface area contributed by atoms with Crippen LogP contribution in [0.1, 0.15) is 24.0 Å². The van der Waals surface area contributed by atoms with E-state index in [2.05, 4.69) is 58.4 Å². The summed E-state index contributed by atoms with van der Waals surface area (Å²) in [7, 11) is 0. The Kier molecular flexibility index (Phi) is 10.1. The molecule has 0 radical (unpaired) electrons. The lowest BCUT2D eigenvalue weighted by Crippen LogP contribution is -2.38. The predicted molar refractivity (Wildman–Crippen MR) is 170 cm³/mol. The molecule has 0 fully saturated rings. The first-order valence-corrected chi connectivity index (χ1v) is 14.5. The number of fused-ring (bicyclic) bond motifs is 1. The molecule has 1 atom stereocenters. The number of phenols is 1. The number of aliphatic hydroxyl groups is 1. The Balaban J connectivity index is 1.55. The van der Waals surface area contributed by atoms with Crippen molar-refractivity contribution in [2.45, 2.75) is 31.8 Å². The molecular weight excluding hydrogens is 523 g/mol. The average Bonchev–Trinajstić information content (AvgIpc) is 3.03. The van der Waals surface area contributed by atoms with Gasteiger partial charge in [0.25, 0.3) is 0 Å². The van der Waals surface area contributed by atoms with E-state index in [0.717, 1.165) is 44.3 Å². The Bertz CT molecular complexity index is 1610. The minimum Gasteiger partial charge on any atom is -0.508 e. The molecule has 5 heteroatoms. The SMILES string of the molecule is OCC/C=C\CC(Cc1ccnc2ccc(O)cc12)N(CCF)Cc1cc(-c2ccccc2)ccc1-c1ccccc1. The predicted octanol–water partition coefficient (Wildman–Crippen LogP) is 7.99. The fourth-order valence-corrected chi connectivity index (χ4v) is 5.58. The van der Waals surface area contributed by atoms with Gasteiger partial charge in [0.2, 0.25) is 0 Å². The molecule has 0 aliphatic carbocycles. The lowest BCUT2D eigenvalue weighted by molar-refractivity contribution is 0.172. The molecule has 0 bridgehead atoms. The minimum atomic E-state index is -0.465. The molecular formula is C37H37FN2O2. The van der Waals surface area contributed by atoms with Gasteiger partial charge in [-0.15, -0.1) is 0 Å². The Morgan fingerprint density at radius 3 is 2.29 bits per heavy atom. The van der Waals surface area contributed by atoms with Crippen LogP contribution in [0, 0.1) is 0 Å². The smallest absolute Gasteiger partial charge is 0.116 e. The molecule has 0 saturated carbocycles. The van der Waals surface area contributed by atoms with Crippen LogP contribution in [0.25, 0.3) is 33.2 Å². The van der Waals surface area contributed by atoms with E-state index in [1.54, 1.807) is 18.3 Å². The molecule has 4 aromatic carbocycles. The van der Waals surface area contributed by atoms with Crippen molar-refractivity contribution >= 4 is 10.9 Å². The van der Waals surface area contributed by atoms with Crippen LogP contribution in [-0.2, 0) is 13.0 Å². The number of phenolic OH excluding ortho intramolecular Hbond substituents is 1. The van der Waals surface area contributed by atoms with Crippen molar-refractivity contribution in [2.24, 2.45) is 0 Å². The maximum atomic E-state index is 14.2. The topological polar surface area (TPSA) is 56.6 Å². The van der Waals surface area contributed by atoms with Crippen LogP contribution in [0.3, 0.4) is 0 Å². The molecule has 0 spiro atoms. The van der Waals surface area contributed by atoms with Gasteiger partial charge in [-0.3, -0.25) is 9.88 Å². The highest BCUT2D eigenvalue weighted by atomic mass is 19.1. The fourth-order valence-electron chi connectivity index (χ4n) is 5.58. The van der Waals surface area contributed by atoms with Crippen molar-refractivity contribution < 1.29 is 14.6 Å². The summed E-state index contributed by atoms with van der Waals surface area (Å²) in [4.78, 5) is 6.71. The number of aliphatic hydroxyl groups excluding tert-OH is 1. The zero-order valence-electron chi connectivity index (χ0n) is 23.7. The number of hydrogen-bond donors (Lipinski definition) is 2. The monoisotopic (exact) mass is 560 g/mol. The number of aromatic nitrogens is 1. The first-order valence-electron chi connectivity index (χ1n) is 14.5. The first kappa shape index (κ1) is 29.2. The van der Waals surface area contributed by atoms with Crippen molar-refractivity contribution in [1.82, 2.24) is 9.88 Å². The van der Waals surface area contributed by atoms with Gasteiger partial charge in [0.05, 0.1) is 5.52 Å². The number of hydrogen-bond acceptors (Lipinski definition) is 4. The third-order valence-corrected chi connectivity index (χ3v) is 7.70. The third-order valence-electron chi connectivity index (χ3n) is 7.70. The van der Waals surface area contributed by atoms with Crippen LogP contribution in [0.15, 0.2) is 121 Å². The molecule has 0 aliphatic heterocycles. The Hall–Kier alpha value is -4.32. The summed E-state index contributed by atoms with van der Waals surface area (Å²) in [5.74, 6) is 0.196. The third kappa shape index (κ3) is 7.30. The zero-order chi connectivity index (χ0) is 29.1. The quantitative estimate of drug-likeness (QED) is 0.143. The lowest BCUT2D eigenvalue weighted by Gasteiger charge is -2.32. The van der Waals surface area contributed by atoms with E-state index in [1.807, 2.05) is 54.6 Å². The summed E-state index contributed by atoms with van der Waals surface area (Å²) in [5, 5.41) is 20.4. The second-order valence-corrected chi connectivity index (χ2v) is 10.5. The number of rotatable bonds is 13. The number of pyridine rings is 1. The van der Waals surface area contributed by atoms with E-state index in [-0.39, 0.29) is 24.9 Å². The zero-order valence-corrected chi connectivity index (χ0v) is 23.7. The largest absolute Gasteiger partial charge is 0.508 e. The van der Waals surface area contributed by atoms with Crippen LogP contribution in [0.2, 0.25) is 0 Å². The Morgan fingerprint density at radius 1 is 0.786 bits per heavy atom. The molecule has 0 amide bonds. The molecule has 1 heterocycles. The molecule has 1 unspecified atom stereocenters. The van der Waals surface area contributed by atoms with E-state index in [1.165, 1.54) is 0 Å². The van der Waals surface area contributed by atoms with Gasteiger partial charge in [-0.25, -0.2) is 4.39 Å². The molecule has 0 saturated heterocycles. The van der Waals surface area contributed by atoms with E-state index in [9.17, 15) is 14.6 Å². The van der Waals surface area contributed by atoms with E-state index >= 15 is 0 Å². The Labute approximate surface area is 247 Å². The van der Waals surface area contributed by atoms with Gasteiger partial charge in [-0.05, 0) is 83.0 Å². The Morgan fingerprint density at radius 2 is 1.55 bits per heavy atom. The van der Waals surface area contributed by atoms with E-state index < -0.39 is 6.67 Å². The molecule has 2 N–H and O–H groups in total. The molecule has 5 aromatic rings. The van der Waals surface area contributed by atoms with Crippen molar-refractivity contribution in [3.05, 3.63) is 133 Å². The van der Waals surface area contributed by atoms with Crippen LogP contribution in [-0.4, -0.2) is 46.0 Å². The van der Waals surface area contributed by atoms with Crippen molar-refractivity contribution in [1.29, 1.82) is 0 Å². The van der Waals surface area contributed by atoms with Crippen molar-refractivity contribution in [3.8, 4) is 28.0 Å². The number of aromatic hydroxyl groups is 1. The molecule has 4 nitrogen and oxygen atoms in total. The summed E-state index contributed by atoms with van der Waals surface area (Å²) in [6.07, 6.45) is 7.81.